The highest BCUT2D eigenvalue weighted by molar-refractivity contribution is 9.10. The first kappa shape index (κ1) is 28.1. The number of nitrogens with zero attached hydrogens (tertiary/aromatic N) is 1. The number of ether oxygens (including phenoxy) is 1. The maximum atomic E-state index is 14.0. The molecule has 3 heterocycles. The normalized spacial score (nSPS) is 20.2. The lowest BCUT2D eigenvalue weighted by molar-refractivity contribution is -0.137. The fraction of sp³-hybridized carbons (Fsp3) is 0.179. The number of hydrogen-bond acceptors (Lipinski definition) is 6. The Morgan fingerprint density at radius 1 is 1.00 bits per heavy atom. The molecule has 0 aliphatic carbocycles. The van der Waals surface area contributed by atoms with Crippen LogP contribution in [0.15, 0.2) is 81.0 Å². The van der Waals surface area contributed by atoms with E-state index in [1.165, 1.54) is 12.1 Å². The number of imide groups is 1. The standard InChI is InChI=1S/C28H17BrClF3N2O4S2/c29-14-7-10-19(39-12-13-5-8-15(30)9-6-13)16(11-14)20-21-23(40-24-22(20)41-27(38)34-24)26(37)35(25(21)36)18-4-2-1-3-17(18)28(31,32)33/h1-11,20-21,23H,12H2,(H,34,38). The van der Waals surface area contributed by atoms with Crippen molar-refractivity contribution in [1.82, 2.24) is 4.98 Å². The summed E-state index contributed by atoms with van der Waals surface area (Å²) in [5.74, 6) is -3.07. The number of halogens is 5. The third-order valence-electron chi connectivity index (χ3n) is 6.89. The molecule has 0 bridgehead atoms. The number of aromatic amines is 1. The number of anilines is 1. The number of fused-ring (bicyclic) bond motifs is 2. The zero-order valence-electron chi connectivity index (χ0n) is 20.6. The number of aromatic nitrogens is 1. The summed E-state index contributed by atoms with van der Waals surface area (Å²) in [7, 11) is 0. The summed E-state index contributed by atoms with van der Waals surface area (Å²) in [4.78, 5) is 43.7. The predicted octanol–water partition coefficient (Wildman–Crippen LogP) is 7.25. The van der Waals surface area contributed by atoms with Gasteiger partial charge in [0.1, 0.15) is 17.6 Å². The number of H-pyrrole nitrogens is 1. The van der Waals surface area contributed by atoms with E-state index in [0.717, 1.165) is 40.8 Å². The zero-order chi connectivity index (χ0) is 29.1. The van der Waals surface area contributed by atoms with Gasteiger partial charge in [0.15, 0.2) is 0 Å². The fourth-order valence-corrected chi connectivity index (χ4v) is 8.14. The van der Waals surface area contributed by atoms with Gasteiger partial charge in [0.05, 0.1) is 22.2 Å². The molecule has 2 aliphatic heterocycles. The summed E-state index contributed by atoms with van der Waals surface area (Å²) in [6.07, 6.45) is -4.78. The van der Waals surface area contributed by atoms with Gasteiger partial charge in [-0.05, 0) is 48.0 Å². The molecule has 210 valence electrons. The predicted molar refractivity (Wildman–Crippen MR) is 154 cm³/mol. The number of thioether (sulfide) groups is 1. The minimum Gasteiger partial charge on any atom is -0.489 e. The van der Waals surface area contributed by atoms with Gasteiger partial charge in [0.2, 0.25) is 11.8 Å². The first-order chi connectivity index (χ1) is 19.5. The van der Waals surface area contributed by atoms with Crippen molar-refractivity contribution < 1.29 is 27.5 Å². The van der Waals surface area contributed by atoms with Crippen LogP contribution in [-0.2, 0) is 22.4 Å². The summed E-state index contributed by atoms with van der Waals surface area (Å²) in [5.41, 5.74) is -0.254. The lowest BCUT2D eigenvalue weighted by Gasteiger charge is -2.31. The second-order valence-electron chi connectivity index (χ2n) is 9.37. The maximum Gasteiger partial charge on any atom is 0.418 e. The van der Waals surface area contributed by atoms with Crippen LogP contribution in [0.3, 0.4) is 0 Å². The van der Waals surface area contributed by atoms with E-state index in [2.05, 4.69) is 20.9 Å². The molecule has 3 aromatic carbocycles. The van der Waals surface area contributed by atoms with E-state index in [9.17, 15) is 27.6 Å². The fourth-order valence-electron chi connectivity index (χ4n) is 5.13. The molecule has 0 saturated carbocycles. The van der Waals surface area contributed by atoms with E-state index in [-0.39, 0.29) is 11.5 Å². The summed E-state index contributed by atoms with van der Waals surface area (Å²) in [5, 5.41) is -0.0867. The van der Waals surface area contributed by atoms with Crippen LogP contribution >= 0.6 is 50.6 Å². The first-order valence-corrected chi connectivity index (χ1v) is 15.0. The van der Waals surface area contributed by atoms with Gasteiger partial charge in [0.25, 0.3) is 0 Å². The molecule has 4 aromatic rings. The molecule has 41 heavy (non-hydrogen) atoms. The van der Waals surface area contributed by atoms with Crippen LogP contribution in [0.4, 0.5) is 18.9 Å². The van der Waals surface area contributed by atoms with Crippen molar-refractivity contribution in [3.63, 3.8) is 0 Å². The zero-order valence-corrected chi connectivity index (χ0v) is 24.6. The Morgan fingerprint density at radius 2 is 1.73 bits per heavy atom. The number of hydrogen-bond donors (Lipinski definition) is 1. The molecule has 0 spiro atoms. The lowest BCUT2D eigenvalue weighted by Crippen LogP contribution is -2.33. The highest BCUT2D eigenvalue weighted by Crippen LogP contribution is 2.55. The van der Waals surface area contributed by atoms with Gasteiger partial charge in [-0.2, -0.15) is 13.2 Å². The molecular weight excluding hydrogens is 665 g/mol. The van der Waals surface area contributed by atoms with E-state index < -0.39 is 46.3 Å². The Balaban J connectivity index is 1.46. The van der Waals surface area contributed by atoms with Crippen LogP contribution in [0.25, 0.3) is 0 Å². The topological polar surface area (TPSA) is 79.5 Å². The third kappa shape index (κ3) is 5.11. The van der Waals surface area contributed by atoms with E-state index in [4.69, 9.17) is 16.3 Å². The van der Waals surface area contributed by atoms with Crippen molar-refractivity contribution in [3.8, 4) is 5.75 Å². The lowest BCUT2D eigenvalue weighted by atomic mass is 9.82. The maximum absolute atomic E-state index is 14.0. The SMILES string of the molecule is O=C1C2Sc3[nH]c(=O)sc3C(c3cc(Br)ccc3OCc3ccc(Cl)cc3)C2C(=O)N1c1ccccc1C(F)(F)F. The average molecular weight is 682 g/mol. The molecule has 0 radical (unpaired) electrons. The minimum absolute atomic E-state index is 0.162. The van der Waals surface area contributed by atoms with Gasteiger partial charge < -0.3 is 9.72 Å². The number of carbonyl (C=O) groups is 2. The second kappa shape index (κ2) is 10.6. The number of thiazole rings is 1. The van der Waals surface area contributed by atoms with Crippen molar-refractivity contribution in [2.45, 2.75) is 29.0 Å². The summed E-state index contributed by atoms with van der Waals surface area (Å²) >= 11 is 11.3. The largest absolute Gasteiger partial charge is 0.489 e. The van der Waals surface area contributed by atoms with Gasteiger partial charge in [-0.3, -0.25) is 14.4 Å². The number of para-hydroxylation sites is 1. The highest BCUT2D eigenvalue weighted by atomic mass is 79.9. The molecule has 2 amide bonds. The molecule has 1 aromatic heterocycles. The van der Waals surface area contributed by atoms with Crippen LogP contribution in [0.2, 0.25) is 5.02 Å². The van der Waals surface area contributed by atoms with Gasteiger partial charge in [-0.25, -0.2) is 4.90 Å². The Hall–Kier alpha value is -3.06. The second-order valence-corrected chi connectivity index (χ2v) is 12.9. The van der Waals surface area contributed by atoms with Gasteiger partial charge in [-0.15, -0.1) is 0 Å². The Morgan fingerprint density at radius 3 is 2.46 bits per heavy atom. The number of nitrogens with one attached hydrogen (secondary N) is 1. The van der Waals surface area contributed by atoms with E-state index in [0.29, 0.717) is 35.6 Å². The number of amides is 2. The highest BCUT2D eigenvalue weighted by Gasteiger charge is 2.57. The molecule has 13 heteroatoms. The van der Waals surface area contributed by atoms with Crippen LogP contribution in [-0.4, -0.2) is 22.0 Å². The van der Waals surface area contributed by atoms with Crippen molar-refractivity contribution in [2.24, 2.45) is 5.92 Å². The minimum atomic E-state index is -4.78. The molecule has 1 N–H and O–H groups in total. The number of alkyl halides is 3. The Labute approximate surface area is 252 Å². The summed E-state index contributed by atoms with van der Waals surface area (Å²) in [6.45, 7) is 0.162. The molecule has 1 fully saturated rings. The summed E-state index contributed by atoms with van der Waals surface area (Å²) < 4.78 is 48.5. The average Bonchev–Trinajstić information content (AvgIpc) is 3.42. The van der Waals surface area contributed by atoms with Crippen molar-refractivity contribution in [2.75, 3.05) is 4.90 Å². The number of benzene rings is 3. The van der Waals surface area contributed by atoms with Gasteiger partial charge in [0, 0.05) is 25.9 Å². The number of rotatable bonds is 5. The Kier molecular flexibility index (Phi) is 7.29. The first-order valence-electron chi connectivity index (χ1n) is 12.1. The molecule has 6 rings (SSSR count). The Bertz CT molecular complexity index is 1740. The summed E-state index contributed by atoms with van der Waals surface area (Å²) in [6, 6.07) is 16.8. The smallest absolute Gasteiger partial charge is 0.418 e. The molecule has 6 nitrogen and oxygen atoms in total. The monoisotopic (exact) mass is 680 g/mol. The molecular formula is C28H17BrClF3N2O4S2. The van der Waals surface area contributed by atoms with Crippen molar-refractivity contribution in [1.29, 1.82) is 0 Å². The molecule has 3 unspecified atom stereocenters. The van der Waals surface area contributed by atoms with E-state index in [1.807, 2.05) is 0 Å². The molecule has 1 saturated heterocycles. The van der Waals surface area contributed by atoms with Crippen LogP contribution in [0.1, 0.15) is 27.5 Å². The van der Waals surface area contributed by atoms with Gasteiger partial charge >= 0.3 is 11.0 Å². The third-order valence-corrected chi connectivity index (χ3v) is 10.0. The van der Waals surface area contributed by atoms with E-state index >= 15 is 0 Å². The van der Waals surface area contributed by atoms with Crippen molar-refractivity contribution in [3.05, 3.63) is 107 Å². The molecule has 3 atom stereocenters. The quantitative estimate of drug-likeness (QED) is 0.225. The van der Waals surface area contributed by atoms with Crippen LogP contribution < -0.4 is 14.5 Å². The van der Waals surface area contributed by atoms with Crippen molar-refractivity contribution >= 4 is 68.1 Å². The van der Waals surface area contributed by atoms with Crippen LogP contribution in [0.5, 0.6) is 5.75 Å². The van der Waals surface area contributed by atoms with Gasteiger partial charge in [-0.1, -0.05) is 74.9 Å². The molecule has 2 aliphatic rings. The number of carbonyl (C=O) groups excluding carboxylic acids is 2. The van der Waals surface area contributed by atoms with E-state index in [1.54, 1.807) is 42.5 Å². The van der Waals surface area contributed by atoms with Crippen LogP contribution in [0, 0.1) is 5.92 Å².